The summed E-state index contributed by atoms with van der Waals surface area (Å²) >= 11 is 0. The average Bonchev–Trinajstić information content (AvgIpc) is 2.36. The number of nitrogens with two attached hydrogens (primary N) is 2. The molecule has 1 aromatic carbocycles. The lowest BCUT2D eigenvalue weighted by molar-refractivity contribution is -0.119. The van der Waals surface area contributed by atoms with E-state index in [4.69, 9.17) is 26.2 Å². The second-order valence-corrected chi connectivity index (χ2v) is 3.53. The van der Waals surface area contributed by atoms with Crippen molar-refractivity contribution in [2.45, 2.75) is 13.0 Å². The van der Waals surface area contributed by atoms with Crippen LogP contribution in [0.1, 0.15) is 12.5 Å². The molecule has 0 radical (unpaired) electrons. The molecule has 1 rings (SSSR count). The SMILES string of the molecule is CCOc1cc(C#N)ccc1OCC(N)C(N)=O. The first-order valence-electron chi connectivity index (χ1n) is 5.43. The summed E-state index contributed by atoms with van der Waals surface area (Å²) in [6.45, 7) is 2.21. The van der Waals surface area contributed by atoms with E-state index in [0.29, 0.717) is 23.7 Å². The summed E-state index contributed by atoms with van der Waals surface area (Å²) in [7, 11) is 0. The summed E-state index contributed by atoms with van der Waals surface area (Å²) in [5.74, 6) is 0.224. The molecule has 6 nitrogen and oxygen atoms in total. The quantitative estimate of drug-likeness (QED) is 0.745. The molecule has 1 amide bonds. The number of carbonyl (C=O) groups excluding carboxylic acids is 1. The maximum atomic E-state index is 10.8. The highest BCUT2D eigenvalue weighted by Crippen LogP contribution is 2.28. The Labute approximate surface area is 105 Å². The molecule has 0 aliphatic rings. The van der Waals surface area contributed by atoms with Crippen LogP contribution < -0.4 is 20.9 Å². The molecule has 0 spiro atoms. The van der Waals surface area contributed by atoms with Gasteiger partial charge in [-0.15, -0.1) is 0 Å². The third kappa shape index (κ3) is 3.64. The Morgan fingerprint density at radius 1 is 1.44 bits per heavy atom. The van der Waals surface area contributed by atoms with E-state index in [1.807, 2.05) is 13.0 Å². The number of ether oxygens (including phenoxy) is 2. The molecule has 0 saturated heterocycles. The molecule has 0 aliphatic carbocycles. The van der Waals surface area contributed by atoms with Crippen LogP contribution in [-0.2, 0) is 4.79 Å². The van der Waals surface area contributed by atoms with E-state index in [0.717, 1.165) is 0 Å². The number of rotatable bonds is 6. The van der Waals surface area contributed by atoms with Crippen molar-refractivity contribution in [1.82, 2.24) is 0 Å². The first kappa shape index (κ1) is 13.8. The van der Waals surface area contributed by atoms with Crippen LogP contribution in [0.3, 0.4) is 0 Å². The summed E-state index contributed by atoms with van der Waals surface area (Å²) in [6, 6.07) is 5.87. The van der Waals surface area contributed by atoms with E-state index in [1.165, 1.54) is 0 Å². The first-order chi connectivity index (χ1) is 8.58. The minimum Gasteiger partial charge on any atom is -0.490 e. The van der Waals surface area contributed by atoms with Gasteiger partial charge in [0.15, 0.2) is 11.5 Å². The zero-order valence-electron chi connectivity index (χ0n) is 10.1. The molecule has 0 saturated carbocycles. The summed E-state index contributed by atoms with van der Waals surface area (Å²) in [5, 5.41) is 8.78. The van der Waals surface area contributed by atoms with Gasteiger partial charge in [-0.3, -0.25) is 4.79 Å². The lowest BCUT2D eigenvalue weighted by Crippen LogP contribution is -2.41. The first-order valence-corrected chi connectivity index (χ1v) is 5.43. The molecule has 0 fully saturated rings. The van der Waals surface area contributed by atoms with Gasteiger partial charge in [0.1, 0.15) is 12.6 Å². The van der Waals surface area contributed by atoms with E-state index in [-0.39, 0.29) is 6.61 Å². The van der Waals surface area contributed by atoms with Gasteiger partial charge in [-0.1, -0.05) is 0 Å². The van der Waals surface area contributed by atoms with Crippen molar-refractivity contribution >= 4 is 5.91 Å². The van der Waals surface area contributed by atoms with Crippen LogP contribution in [0.2, 0.25) is 0 Å². The number of hydrogen-bond donors (Lipinski definition) is 2. The zero-order chi connectivity index (χ0) is 13.5. The van der Waals surface area contributed by atoms with Crippen LogP contribution in [0.4, 0.5) is 0 Å². The zero-order valence-corrected chi connectivity index (χ0v) is 10.1. The topological polar surface area (TPSA) is 111 Å². The van der Waals surface area contributed by atoms with Crippen molar-refractivity contribution in [3.8, 4) is 17.6 Å². The number of amides is 1. The molecular formula is C12H15N3O3. The van der Waals surface area contributed by atoms with Gasteiger partial charge < -0.3 is 20.9 Å². The molecule has 1 atom stereocenters. The summed E-state index contributed by atoms with van der Waals surface area (Å²) in [4.78, 5) is 10.8. The predicted molar refractivity (Wildman–Crippen MR) is 65.0 cm³/mol. The fraction of sp³-hybridized carbons (Fsp3) is 0.333. The van der Waals surface area contributed by atoms with Crippen LogP contribution in [0, 0.1) is 11.3 Å². The minimum atomic E-state index is -0.880. The maximum absolute atomic E-state index is 10.8. The average molecular weight is 249 g/mol. The Morgan fingerprint density at radius 2 is 2.17 bits per heavy atom. The minimum absolute atomic E-state index is 0.0404. The molecule has 6 heteroatoms. The fourth-order valence-corrected chi connectivity index (χ4v) is 1.23. The molecular weight excluding hydrogens is 234 g/mol. The largest absolute Gasteiger partial charge is 0.490 e. The van der Waals surface area contributed by atoms with Crippen molar-refractivity contribution in [2.75, 3.05) is 13.2 Å². The number of hydrogen-bond acceptors (Lipinski definition) is 5. The van der Waals surface area contributed by atoms with Gasteiger partial charge in [0, 0.05) is 6.07 Å². The number of primary amides is 1. The van der Waals surface area contributed by atoms with Gasteiger partial charge in [-0.05, 0) is 19.1 Å². The van der Waals surface area contributed by atoms with Crippen molar-refractivity contribution in [2.24, 2.45) is 11.5 Å². The third-order valence-corrected chi connectivity index (χ3v) is 2.16. The molecule has 0 aliphatic heterocycles. The number of carbonyl (C=O) groups is 1. The summed E-state index contributed by atoms with van der Waals surface area (Å²) in [6.07, 6.45) is 0. The molecule has 1 aromatic rings. The molecule has 0 heterocycles. The van der Waals surface area contributed by atoms with Crippen LogP contribution in [-0.4, -0.2) is 25.2 Å². The number of benzene rings is 1. The third-order valence-electron chi connectivity index (χ3n) is 2.16. The van der Waals surface area contributed by atoms with Gasteiger partial charge in [0.25, 0.3) is 0 Å². The lowest BCUT2D eigenvalue weighted by Gasteiger charge is -2.14. The standard InChI is InChI=1S/C12H15N3O3/c1-2-17-11-5-8(6-13)3-4-10(11)18-7-9(14)12(15)16/h3-5,9H,2,7,14H2,1H3,(H2,15,16). The molecule has 96 valence electrons. The fourth-order valence-electron chi connectivity index (χ4n) is 1.23. The molecule has 1 unspecified atom stereocenters. The second kappa shape index (κ2) is 6.47. The highest BCUT2D eigenvalue weighted by Gasteiger charge is 2.12. The number of nitriles is 1. The predicted octanol–water partition coefficient (Wildman–Crippen LogP) is 0.148. The second-order valence-electron chi connectivity index (χ2n) is 3.53. The Kier molecular flexibility index (Phi) is 4.96. The van der Waals surface area contributed by atoms with Crippen molar-refractivity contribution in [3.05, 3.63) is 23.8 Å². The van der Waals surface area contributed by atoms with Crippen LogP contribution in [0.5, 0.6) is 11.5 Å². The Bertz CT molecular complexity index is 468. The van der Waals surface area contributed by atoms with Gasteiger partial charge in [0.2, 0.25) is 5.91 Å². The maximum Gasteiger partial charge on any atom is 0.237 e. The number of nitrogens with zero attached hydrogens (tertiary/aromatic N) is 1. The highest BCUT2D eigenvalue weighted by atomic mass is 16.5. The van der Waals surface area contributed by atoms with E-state index >= 15 is 0 Å². The monoisotopic (exact) mass is 249 g/mol. The Hall–Kier alpha value is -2.26. The highest BCUT2D eigenvalue weighted by molar-refractivity contribution is 5.79. The molecule has 0 aromatic heterocycles. The van der Waals surface area contributed by atoms with Crippen LogP contribution in [0.15, 0.2) is 18.2 Å². The van der Waals surface area contributed by atoms with Crippen molar-refractivity contribution in [1.29, 1.82) is 5.26 Å². The van der Waals surface area contributed by atoms with E-state index in [1.54, 1.807) is 18.2 Å². The summed E-state index contributed by atoms with van der Waals surface area (Å²) in [5.41, 5.74) is 10.9. The van der Waals surface area contributed by atoms with Gasteiger partial charge in [-0.2, -0.15) is 5.26 Å². The van der Waals surface area contributed by atoms with Crippen LogP contribution in [0.25, 0.3) is 0 Å². The van der Waals surface area contributed by atoms with E-state index in [2.05, 4.69) is 0 Å². The normalized spacial score (nSPS) is 11.4. The molecule has 0 bridgehead atoms. The van der Waals surface area contributed by atoms with Crippen molar-refractivity contribution in [3.63, 3.8) is 0 Å². The van der Waals surface area contributed by atoms with Gasteiger partial charge in [-0.25, -0.2) is 0 Å². The van der Waals surface area contributed by atoms with Crippen molar-refractivity contribution < 1.29 is 14.3 Å². The van der Waals surface area contributed by atoms with Crippen LogP contribution >= 0.6 is 0 Å². The molecule has 4 N–H and O–H groups in total. The van der Waals surface area contributed by atoms with E-state index in [9.17, 15) is 4.79 Å². The van der Waals surface area contributed by atoms with E-state index < -0.39 is 11.9 Å². The smallest absolute Gasteiger partial charge is 0.237 e. The van der Waals surface area contributed by atoms with Gasteiger partial charge in [0.05, 0.1) is 18.2 Å². The Balaban J connectivity index is 2.81. The summed E-state index contributed by atoms with van der Waals surface area (Å²) < 4.78 is 10.7. The van der Waals surface area contributed by atoms with Gasteiger partial charge >= 0.3 is 0 Å². The lowest BCUT2D eigenvalue weighted by atomic mass is 10.2. The molecule has 18 heavy (non-hydrogen) atoms. The Morgan fingerprint density at radius 3 is 2.72 bits per heavy atom.